The number of pyridine rings is 1. The van der Waals surface area contributed by atoms with Crippen LogP contribution in [0.1, 0.15) is 0 Å². The molecule has 0 unspecified atom stereocenters. The Morgan fingerprint density at radius 2 is 0.857 bits per heavy atom. The molecule has 0 aliphatic rings. The summed E-state index contributed by atoms with van der Waals surface area (Å²) in [6.45, 7) is 0. The third kappa shape index (κ3) is 6.51. The zero-order valence-electron chi connectivity index (χ0n) is 37.8. The predicted octanol–water partition coefficient (Wildman–Crippen LogP) is 17.2. The minimum Gasteiger partial charge on any atom is -0.456 e. The lowest BCUT2D eigenvalue weighted by Gasteiger charge is -2.16. The Labute approximate surface area is 403 Å². The number of hydrogen-bond donors (Lipinski definition) is 0. The van der Waals surface area contributed by atoms with Crippen LogP contribution in [0.2, 0.25) is 0 Å². The summed E-state index contributed by atoms with van der Waals surface area (Å²) in [5.41, 5.74) is 17.3. The summed E-state index contributed by atoms with van der Waals surface area (Å²) in [4.78, 5) is 15.8. The Morgan fingerprint density at radius 3 is 1.57 bits per heavy atom. The van der Waals surface area contributed by atoms with Crippen LogP contribution in [-0.4, -0.2) is 19.5 Å². The van der Waals surface area contributed by atoms with E-state index < -0.39 is 0 Å². The van der Waals surface area contributed by atoms with Crippen molar-refractivity contribution < 1.29 is 4.42 Å². The minimum absolute atomic E-state index is 0.673. The molecule has 0 radical (unpaired) electrons. The maximum absolute atomic E-state index is 6.64. The summed E-state index contributed by atoms with van der Waals surface area (Å²) in [6, 6.07) is 85.5. The number of rotatable bonds is 7. The third-order valence-electron chi connectivity index (χ3n) is 13.8. The minimum atomic E-state index is 0.673. The van der Waals surface area contributed by atoms with Crippen LogP contribution in [0.4, 0.5) is 0 Å². The molecule has 0 bridgehead atoms. The number of furan rings is 1. The zero-order chi connectivity index (χ0) is 46.1. The first-order valence-electron chi connectivity index (χ1n) is 23.7. The SMILES string of the molecule is c1ccc(-c2cc(-c3ccc(-c4cccc(-c5nc6ccccc6c6c(-c7ccccc7)c7c(cc56)oc5ccccc57)c4)cc3)nc(-c3ccc(-n4c5ccccc5c5ccccc54)cc3)n2)cc1. The van der Waals surface area contributed by atoms with E-state index in [1.165, 1.54) is 27.2 Å². The first kappa shape index (κ1) is 39.7. The van der Waals surface area contributed by atoms with Gasteiger partial charge in [-0.3, -0.25) is 0 Å². The topological polar surface area (TPSA) is 56.7 Å². The fourth-order valence-electron chi connectivity index (χ4n) is 10.6. The molecule has 14 rings (SSSR count). The van der Waals surface area contributed by atoms with Gasteiger partial charge < -0.3 is 8.98 Å². The van der Waals surface area contributed by atoms with E-state index in [9.17, 15) is 0 Å². The maximum atomic E-state index is 6.64. The fourth-order valence-corrected chi connectivity index (χ4v) is 10.6. The third-order valence-corrected chi connectivity index (χ3v) is 13.8. The first-order valence-corrected chi connectivity index (χ1v) is 23.7. The molecule has 0 saturated carbocycles. The summed E-state index contributed by atoms with van der Waals surface area (Å²) in [6.07, 6.45) is 0. The highest BCUT2D eigenvalue weighted by atomic mass is 16.3. The molecule has 0 aliphatic heterocycles. The lowest BCUT2D eigenvalue weighted by atomic mass is 9.89. The molecule has 4 heterocycles. The van der Waals surface area contributed by atoms with Gasteiger partial charge in [0.15, 0.2) is 5.82 Å². The smallest absolute Gasteiger partial charge is 0.160 e. The van der Waals surface area contributed by atoms with Gasteiger partial charge in [0.25, 0.3) is 0 Å². The summed E-state index contributed by atoms with van der Waals surface area (Å²) in [7, 11) is 0. The van der Waals surface area contributed by atoms with Crippen LogP contribution in [0.25, 0.3) is 139 Å². The van der Waals surface area contributed by atoms with Crippen LogP contribution >= 0.6 is 0 Å². The van der Waals surface area contributed by atoms with Crippen LogP contribution in [0.5, 0.6) is 0 Å². The number of aromatic nitrogens is 4. The van der Waals surface area contributed by atoms with Crippen molar-refractivity contribution in [2.75, 3.05) is 0 Å². The van der Waals surface area contributed by atoms with Gasteiger partial charge in [0.1, 0.15) is 11.2 Å². The van der Waals surface area contributed by atoms with Crippen LogP contribution in [0.3, 0.4) is 0 Å². The molecule has 5 nitrogen and oxygen atoms in total. The highest BCUT2D eigenvalue weighted by Gasteiger charge is 2.22. The molecule has 0 fully saturated rings. The summed E-state index contributed by atoms with van der Waals surface area (Å²) < 4.78 is 8.97. The monoisotopic (exact) mass is 892 g/mol. The number of fused-ring (bicyclic) bond motifs is 9. The largest absolute Gasteiger partial charge is 0.456 e. The van der Waals surface area contributed by atoms with Crippen LogP contribution < -0.4 is 0 Å². The molecule has 0 aliphatic carbocycles. The summed E-state index contributed by atoms with van der Waals surface area (Å²) >= 11 is 0. The Kier molecular flexibility index (Phi) is 9.14. The number of benzene rings is 10. The Hall–Kier alpha value is -9.45. The number of nitrogens with zero attached hydrogens (tertiary/aromatic N) is 4. The molecule has 326 valence electrons. The van der Waals surface area contributed by atoms with Gasteiger partial charge in [0, 0.05) is 71.2 Å². The second kappa shape index (κ2) is 16.1. The maximum Gasteiger partial charge on any atom is 0.160 e. The van der Waals surface area contributed by atoms with Gasteiger partial charge in [-0.2, -0.15) is 0 Å². The summed E-state index contributed by atoms with van der Waals surface area (Å²) in [5, 5.41) is 8.02. The molecular formula is C65H40N4O. The standard InChI is InChI=1S/C65H40N4O/c1-3-16-42(17-4-1)55-40-56(68-65(67-55)45-34-36-48(37-35-45)69-57-27-12-8-22-49(57)50-23-9-13-28-58(50)69)43-32-30-41(31-33-43)46-20-15-21-47(38-46)64-53-39-60-63(52-25-10-14-29-59(52)70-60)61(44-18-5-2-6-19-44)62(53)51-24-7-11-26-54(51)66-64/h1-40H. The molecule has 0 saturated heterocycles. The average molecular weight is 893 g/mol. The molecule has 14 aromatic rings. The quantitative estimate of drug-likeness (QED) is 0.150. The van der Waals surface area contributed by atoms with E-state index in [0.717, 1.165) is 106 Å². The average Bonchev–Trinajstić information content (AvgIpc) is 3.98. The number of hydrogen-bond acceptors (Lipinski definition) is 4. The zero-order valence-corrected chi connectivity index (χ0v) is 37.8. The van der Waals surface area contributed by atoms with Gasteiger partial charge in [0.05, 0.1) is 33.6 Å². The van der Waals surface area contributed by atoms with Crippen molar-refractivity contribution in [3.63, 3.8) is 0 Å². The second-order valence-electron chi connectivity index (χ2n) is 17.9. The van der Waals surface area contributed by atoms with Crippen molar-refractivity contribution in [1.29, 1.82) is 0 Å². The van der Waals surface area contributed by atoms with Crippen molar-refractivity contribution >= 4 is 65.4 Å². The fraction of sp³-hybridized carbons (Fsp3) is 0. The van der Waals surface area contributed by atoms with E-state index in [1.54, 1.807) is 0 Å². The molecule has 0 atom stereocenters. The van der Waals surface area contributed by atoms with E-state index in [-0.39, 0.29) is 0 Å². The first-order chi connectivity index (χ1) is 34.7. The molecule has 10 aromatic carbocycles. The van der Waals surface area contributed by atoms with Gasteiger partial charge in [-0.25, -0.2) is 15.0 Å². The molecule has 0 N–H and O–H groups in total. The van der Waals surface area contributed by atoms with E-state index in [2.05, 4.69) is 235 Å². The van der Waals surface area contributed by atoms with Gasteiger partial charge in [-0.15, -0.1) is 0 Å². The van der Waals surface area contributed by atoms with E-state index in [0.29, 0.717) is 5.82 Å². The van der Waals surface area contributed by atoms with Crippen molar-refractivity contribution in [2.45, 2.75) is 0 Å². The number of para-hydroxylation sites is 4. The highest BCUT2D eigenvalue weighted by Crippen LogP contribution is 2.46. The van der Waals surface area contributed by atoms with Crippen LogP contribution in [-0.2, 0) is 0 Å². The highest BCUT2D eigenvalue weighted by molar-refractivity contribution is 6.27. The van der Waals surface area contributed by atoms with Crippen molar-refractivity contribution in [3.8, 4) is 73.1 Å². The van der Waals surface area contributed by atoms with Crippen molar-refractivity contribution in [1.82, 2.24) is 19.5 Å². The molecule has 5 heteroatoms. The predicted molar refractivity (Wildman–Crippen MR) is 289 cm³/mol. The molecule has 0 amide bonds. The van der Waals surface area contributed by atoms with E-state index in [1.807, 2.05) is 12.1 Å². The van der Waals surface area contributed by atoms with Gasteiger partial charge >= 0.3 is 0 Å². The Morgan fingerprint density at radius 1 is 0.314 bits per heavy atom. The second-order valence-corrected chi connectivity index (χ2v) is 17.9. The van der Waals surface area contributed by atoms with Crippen molar-refractivity contribution in [2.24, 2.45) is 0 Å². The van der Waals surface area contributed by atoms with Gasteiger partial charge in [0.2, 0.25) is 0 Å². The lowest BCUT2D eigenvalue weighted by Crippen LogP contribution is -1.97. The normalized spacial score (nSPS) is 11.7. The summed E-state index contributed by atoms with van der Waals surface area (Å²) in [5.74, 6) is 0.673. The van der Waals surface area contributed by atoms with E-state index in [4.69, 9.17) is 19.4 Å². The Balaban J connectivity index is 0.861. The Bertz CT molecular complexity index is 4270. The molecule has 4 aromatic heterocycles. The van der Waals surface area contributed by atoms with Crippen molar-refractivity contribution in [3.05, 3.63) is 243 Å². The van der Waals surface area contributed by atoms with Crippen LogP contribution in [0.15, 0.2) is 247 Å². The van der Waals surface area contributed by atoms with Gasteiger partial charge in [-0.1, -0.05) is 176 Å². The van der Waals surface area contributed by atoms with E-state index >= 15 is 0 Å². The van der Waals surface area contributed by atoms with Crippen LogP contribution in [0, 0.1) is 0 Å². The molecule has 0 spiro atoms. The molecule has 70 heavy (non-hydrogen) atoms. The molecular weight excluding hydrogens is 853 g/mol. The lowest BCUT2D eigenvalue weighted by molar-refractivity contribution is 0.669. The van der Waals surface area contributed by atoms with Gasteiger partial charge in [-0.05, 0) is 83.4 Å².